The van der Waals surface area contributed by atoms with Crippen LogP contribution in [0, 0.1) is 5.82 Å². The maximum Gasteiger partial charge on any atom is 0.490 e. The van der Waals surface area contributed by atoms with Crippen molar-refractivity contribution in [3.05, 3.63) is 35.6 Å². The molecule has 3 rings (SSSR count). The molecular formula is C23H32F4N4O4. The van der Waals surface area contributed by atoms with Crippen molar-refractivity contribution in [3.63, 3.8) is 0 Å². The number of alkyl halides is 3. The maximum atomic E-state index is 13.2. The fourth-order valence-electron chi connectivity index (χ4n) is 3.84. The molecular weight excluding hydrogens is 472 g/mol. The Balaban J connectivity index is 0.000000540. The predicted octanol–water partition coefficient (Wildman–Crippen LogP) is 2.21. The van der Waals surface area contributed by atoms with Gasteiger partial charge in [-0.2, -0.15) is 13.2 Å². The third-order valence-electron chi connectivity index (χ3n) is 5.82. The van der Waals surface area contributed by atoms with Crippen LogP contribution in [0.15, 0.2) is 24.3 Å². The van der Waals surface area contributed by atoms with Crippen molar-refractivity contribution < 1.29 is 37.1 Å². The molecule has 8 nitrogen and oxygen atoms in total. The average Bonchev–Trinajstić information content (AvgIpc) is 2.85. The highest BCUT2D eigenvalue weighted by atomic mass is 19.4. The summed E-state index contributed by atoms with van der Waals surface area (Å²) in [4.78, 5) is 40.4. The van der Waals surface area contributed by atoms with Crippen LogP contribution in [-0.4, -0.2) is 103 Å². The lowest BCUT2D eigenvalue weighted by atomic mass is 10.1. The number of piperidine rings is 1. The lowest BCUT2D eigenvalue weighted by Gasteiger charge is -2.31. The zero-order chi connectivity index (χ0) is 25.8. The molecule has 1 aromatic rings. The normalized spacial score (nSPS) is 16.7. The first-order chi connectivity index (χ1) is 16.6. The second kappa shape index (κ2) is 14.0. The lowest BCUT2D eigenvalue weighted by Crippen LogP contribution is -2.47. The minimum atomic E-state index is -5.08. The Morgan fingerprint density at radius 2 is 1.51 bits per heavy atom. The molecule has 12 heteroatoms. The van der Waals surface area contributed by atoms with Crippen molar-refractivity contribution in [2.24, 2.45) is 0 Å². The van der Waals surface area contributed by atoms with Gasteiger partial charge in [-0.1, -0.05) is 6.42 Å². The van der Waals surface area contributed by atoms with Crippen molar-refractivity contribution in [3.8, 4) is 0 Å². The van der Waals surface area contributed by atoms with E-state index in [-0.39, 0.29) is 17.6 Å². The number of rotatable bonds is 7. The molecule has 0 atom stereocenters. The first-order valence-corrected chi connectivity index (χ1v) is 11.6. The number of likely N-dealkylation sites (tertiary alicyclic amines) is 1. The van der Waals surface area contributed by atoms with E-state index >= 15 is 0 Å². The highest BCUT2D eigenvalue weighted by molar-refractivity contribution is 5.94. The van der Waals surface area contributed by atoms with E-state index in [4.69, 9.17) is 9.90 Å². The van der Waals surface area contributed by atoms with E-state index in [0.29, 0.717) is 25.1 Å². The van der Waals surface area contributed by atoms with Gasteiger partial charge in [0.15, 0.2) is 0 Å². The molecule has 0 saturated carbocycles. The van der Waals surface area contributed by atoms with Gasteiger partial charge < -0.3 is 25.1 Å². The average molecular weight is 505 g/mol. The van der Waals surface area contributed by atoms with Gasteiger partial charge in [0.1, 0.15) is 5.82 Å². The standard InChI is InChI=1S/C21H31FN4O2.C2HF3O2/c22-19-6-4-18(5-7-19)21(28)26(17-16-24-11-2-1-3-12-24)13-8-20(27)25-14-9-23-10-15-25;3-2(4,5)1(6)7/h4-7,23H,1-3,8-17H2;(H,6,7). The summed E-state index contributed by atoms with van der Waals surface area (Å²) in [6.45, 7) is 7.01. The van der Waals surface area contributed by atoms with Crippen LogP contribution in [0.4, 0.5) is 17.6 Å². The quantitative estimate of drug-likeness (QED) is 0.554. The number of carbonyl (C=O) groups is 3. The summed E-state index contributed by atoms with van der Waals surface area (Å²) in [6.07, 6.45) is -1.08. The minimum absolute atomic E-state index is 0.0939. The monoisotopic (exact) mass is 504 g/mol. The summed E-state index contributed by atoms with van der Waals surface area (Å²) >= 11 is 0. The summed E-state index contributed by atoms with van der Waals surface area (Å²) in [5.41, 5.74) is 0.467. The van der Waals surface area contributed by atoms with Crippen LogP contribution in [0.5, 0.6) is 0 Å². The number of nitrogens with one attached hydrogen (secondary N) is 1. The van der Waals surface area contributed by atoms with E-state index in [1.165, 1.54) is 43.5 Å². The Kier molecular flexibility index (Phi) is 11.4. The SMILES string of the molecule is O=C(CCN(CCN1CCCCC1)C(=O)c1ccc(F)cc1)N1CCNCC1.O=C(O)C(F)(F)F. The van der Waals surface area contributed by atoms with Crippen LogP contribution in [0.1, 0.15) is 36.0 Å². The summed E-state index contributed by atoms with van der Waals surface area (Å²) in [5.74, 6) is -3.15. The number of carboxylic acids is 1. The topological polar surface area (TPSA) is 93.2 Å². The molecule has 0 radical (unpaired) electrons. The van der Waals surface area contributed by atoms with Gasteiger partial charge in [0.25, 0.3) is 5.91 Å². The van der Waals surface area contributed by atoms with Crippen molar-refractivity contribution >= 4 is 17.8 Å². The van der Waals surface area contributed by atoms with Crippen LogP contribution in [0.25, 0.3) is 0 Å². The molecule has 1 aromatic carbocycles. The molecule has 0 spiro atoms. The van der Waals surface area contributed by atoms with Crippen LogP contribution in [-0.2, 0) is 9.59 Å². The van der Waals surface area contributed by atoms with Gasteiger partial charge in [-0.3, -0.25) is 9.59 Å². The fourth-order valence-corrected chi connectivity index (χ4v) is 3.84. The Hall–Kier alpha value is -2.73. The maximum absolute atomic E-state index is 13.2. The van der Waals surface area contributed by atoms with E-state index in [1.807, 2.05) is 4.90 Å². The van der Waals surface area contributed by atoms with Crippen molar-refractivity contribution in [1.82, 2.24) is 20.0 Å². The fraction of sp³-hybridized carbons (Fsp3) is 0.609. The first-order valence-electron chi connectivity index (χ1n) is 11.6. The molecule has 35 heavy (non-hydrogen) atoms. The van der Waals surface area contributed by atoms with Gasteiger partial charge in [-0.25, -0.2) is 9.18 Å². The number of carboxylic acid groups (broad SMARTS) is 1. The van der Waals surface area contributed by atoms with E-state index in [2.05, 4.69) is 10.2 Å². The third kappa shape index (κ3) is 10.2. The molecule has 2 aliphatic heterocycles. The number of nitrogens with zero attached hydrogens (tertiary/aromatic N) is 3. The van der Waals surface area contributed by atoms with Gasteiger partial charge in [-0.15, -0.1) is 0 Å². The zero-order valence-corrected chi connectivity index (χ0v) is 19.5. The first kappa shape index (κ1) is 28.5. The Morgan fingerprint density at radius 3 is 2.06 bits per heavy atom. The zero-order valence-electron chi connectivity index (χ0n) is 19.5. The smallest absolute Gasteiger partial charge is 0.475 e. The largest absolute Gasteiger partial charge is 0.490 e. The summed E-state index contributed by atoms with van der Waals surface area (Å²) in [7, 11) is 0. The Labute approximate surface area is 201 Å². The second-order valence-electron chi connectivity index (χ2n) is 8.39. The van der Waals surface area contributed by atoms with E-state index in [1.54, 1.807) is 4.90 Å². The number of piperazine rings is 1. The molecule has 2 amide bonds. The molecule has 2 heterocycles. The molecule has 0 aromatic heterocycles. The van der Waals surface area contributed by atoms with Crippen LogP contribution in [0.3, 0.4) is 0 Å². The molecule has 0 aliphatic carbocycles. The second-order valence-corrected chi connectivity index (χ2v) is 8.39. The van der Waals surface area contributed by atoms with Crippen molar-refractivity contribution in [2.75, 3.05) is 58.9 Å². The highest BCUT2D eigenvalue weighted by Crippen LogP contribution is 2.13. The van der Waals surface area contributed by atoms with Gasteiger partial charge in [0.05, 0.1) is 0 Å². The number of benzene rings is 1. The number of aliphatic carboxylic acids is 1. The molecule has 2 aliphatic rings. The molecule has 0 unspecified atom stereocenters. The number of hydrogen-bond acceptors (Lipinski definition) is 5. The number of halogens is 4. The van der Waals surface area contributed by atoms with E-state index < -0.39 is 12.1 Å². The Bertz CT molecular complexity index is 824. The number of amides is 2. The van der Waals surface area contributed by atoms with Gasteiger partial charge in [0.2, 0.25) is 5.91 Å². The van der Waals surface area contributed by atoms with Crippen LogP contribution in [0.2, 0.25) is 0 Å². The third-order valence-corrected chi connectivity index (χ3v) is 5.82. The Morgan fingerprint density at radius 1 is 0.943 bits per heavy atom. The van der Waals surface area contributed by atoms with E-state index in [0.717, 1.165) is 45.8 Å². The number of carbonyl (C=O) groups excluding carboxylic acids is 2. The summed E-state index contributed by atoms with van der Waals surface area (Å²) in [6, 6.07) is 5.65. The predicted molar refractivity (Wildman–Crippen MR) is 120 cm³/mol. The van der Waals surface area contributed by atoms with Gasteiger partial charge >= 0.3 is 12.1 Å². The minimum Gasteiger partial charge on any atom is -0.475 e. The highest BCUT2D eigenvalue weighted by Gasteiger charge is 2.38. The number of hydrogen-bond donors (Lipinski definition) is 2. The lowest BCUT2D eigenvalue weighted by molar-refractivity contribution is -0.192. The molecule has 196 valence electrons. The molecule has 2 N–H and O–H groups in total. The summed E-state index contributed by atoms with van der Waals surface area (Å²) < 4.78 is 45.0. The van der Waals surface area contributed by atoms with E-state index in [9.17, 15) is 27.2 Å². The van der Waals surface area contributed by atoms with Crippen LogP contribution >= 0.6 is 0 Å². The summed E-state index contributed by atoms with van der Waals surface area (Å²) in [5, 5.41) is 10.4. The molecule has 2 saturated heterocycles. The van der Waals surface area contributed by atoms with Gasteiger partial charge in [0, 0.05) is 57.8 Å². The van der Waals surface area contributed by atoms with Crippen molar-refractivity contribution in [2.45, 2.75) is 31.9 Å². The van der Waals surface area contributed by atoms with Gasteiger partial charge in [-0.05, 0) is 50.2 Å². The van der Waals surface area contributed by atoms with Crippen molar-refractivity contribution in [1.29, 1.82) is 0 Å². The molecule has 2 fully saturated rings. The molecule has 0 bridgehead atoms. The van der Waals surface area contributed by atoms with Crippen LogP contribution < -0.4 is 5.32 Å².